The number of benzene rings is 2. The van der Waals surface area contributed by atoms with E-state index in [4.69, 9.17) is 9.41 Å². The molecular formula is C26H26N4O. The quantitative estimate of drug-likeness (QED) is 0.411. The normalized spacial score (nSPS) is 14.6. The van der Waals surface area contributed by atoms with E-state index in [0.29, 0.717) is 18.2 Å². The Morgan fingerprint density at radius 3 is 2.61 bits per heavy atom. The first-order valence-corrected chi connectivity index (χ1v) is 11.0. The molecule has 31 heavy (non-hydrogen) atoms. The highest BCUT2D eigenvalue weighted by Gasteiger charge is 2.28. The van der Waals surface area contributed by atoms with Crippen LogP contribution in [0.15, 0.2) is 70.8 Å². The van der Waals surface area contributed by atoms with Gasteiger partial charge in [-0.25, -0.2) is 9.97 Å². The van der Waals surface area contributed by atoms with Crippen molar-refractivity contribution in [2.45, 2.75) is 46.1 Å². The SMILES string of the molecule is CC.Cc1ccccc1C1=NCc2c(-c3cnco3)ncn2-c2ccc(C3CC3)cc21. The summed E-state index contributed by atoms with van der Waals surface area (Å²) in [5.74, 6) is 1.36. The monoisotopic (exact) mass is 410 g/mol. The smallest absolute Gasteiger partial charge is 0.181 e. The topological polar surface area (TPSA) is 56.2 Å². The zero-order chi connectivity index (χ0) is 21.4. The minimum atomic E-state index is 0.535. The van der Waals surface area contributed by atoms with E-state index >= 15 is 0 Å². The van der Waals surface area contributed by atoms with Crippen molar-refractivity contribution in [1.82, 2.24) is 14.5 Å². The average Bonchev–Trinajstić information content (AvgIpc) is 3.40. The molecular weight excluding hydrogens is 384 g/mol. The van der Waals surface area contributed by atoms with Crippen LogP contribution in [0.25, 0.3) is 17.1 Å². The van der Waals surface area contributed by atoms with Crippen molar-refractivity contribution in [3.8, 4) is 17.1 Å². The second-order valence-electron chi connectivity index (χ2n) is 7.81. The maximum absolute atomic E-state index is 5.53. The number of hydrogen-bond donors (Lipinski definition) is 0. The van der Waals surface area contributed by atoms with Crippen LogP contribution in [0.5, 0.6) is 0 Å². The molecule has 0 spiro atoms. The maximum Gasteiger partial charge on any atom is 0.181 e. The highest BCUT2D eigenvalue weighted by atomic mass is 16.3. The summed E-state index contributed by atoms with van der Waals surface area (Å²) in [4.78, 5) is 13.8. The summed E-state index contributed by atoms with van der Waals surface area (Å²) in [5, 5.41) is 0. The first-order valence-electron chi connectivity index (χ1n) is 11.0. The fourth-order valence-corrected chi connectivity index (χ4v) is 4.20. The molecule has 6 rings (SSSR count). The van der Waals surface area contributed by atoms with E-state index in [1.165, 1.54) is 41.5 Å². The number of imidazole rings is 1. The summed E-state index contributed by atoms with van der Waals surface area (Å²) in [7, 11) is 0. The van der Waals surface area contributed by atoms with E-state index < -0.39 is 0 Å². The molecule has 2 aromatic heterocycles. The van der Waals surface area contributed by atoms with E-state index in [-0.39, 0.29) is 0 Å². The number of nitrogens with zero attached hydrogens (tertiary/aromatic N) is 4. The lowest BCUT2D eigenvalue weighted by Gasteiger charge is -2.15. The molecule has 156 valence electrons. The Labute approximate surface area is 182 Å². The van der Waals surface area contributed by atoms with Gasteiger partial charge in [0.05, 0.1) is 29.8 Å². The number of fused-ring (bicyclic) bond motifs is 3. The van der Waals surface area contributed by atoms with Crippen molar-refractivity contribution < 1.29 is 4.42 Å². The minimum Gasteiger partial charge on any atom is -0.442 e. The molecule has 1 saturated carbocycles. The van der Waals surface area contributed by atoms with E-state index in [2.05, 4.69) is 63.9 Å². The first kappa shape index (κ1) is 19.5. The molecule has 2 aromatic carbocycles. The number of oxazole rings is 1. The Kier molecular flexibility index (Phi) is 5.02. The maximum atomic E-state index is 5.53. The lowest BCUT2D eigenvalue weighted by Crippen LogP contribution is -2.09. The van der Waals surface area contributed by atoms with Crippen molar-refractivity contribution in [3.05, 3.63) is 89.3 Å². The van der Waals surface area contributed by atoms with Gasteiger partial charge in [-0.1, -0.05) is 44.2 Å². The first-order chi connectivity index (χ1) is 15.3. The fraction of sp³-hybridized carbons (Fsp3) is 0.269. The van der Waals surface area contributed by atoms with Crippen LogP contribution < -0.4 is 0 Å². The number of rotatable bonds is 3. The van der Waals surface area contributed by atoms with Crippen molar-refractivity contribution in [1.29, 1.82) is 0 Å². The Balaban J connectivity index is 0.000000994. The number of hydrogen-bond acceptors (Lipinski definition) is 4. The van der Waals surface area contributed by atoms with Gasteiger partial charge in [-0.05, 0) is 48.9 Å². The van der Waals surface area contributed by atoms with Crippen LogP contribution in [0, 0.1) is 6.92 Å². The summed E-state index contributed by atoms with van der Waals surface area (Å²) in [6.07, 6.45) is 7.58. The van der Waals surface area contributed by atoms with Gasteiger partial charge in [-0.2, -0.15) is 0 Å². The Morgan fingerprint density at radius 1 is 1.03 bits per heavy atom. The van der Waals surface area contributed by atoms with Crippen LogP contribution in [0.3, 0.4) is 0 Å². The third kappa shape index (κ3) is 3.40. The molecule has 0 N–H and O–H groups in total. The Hall–Kier alpha value is -3.47. The lowest BCUT2D eigenvalue weighted by atomic mass is 9.94. The number of aromatic nitrogens is 3. The van der Waals surface area contributed by atoms with Gasteiger partial charge in [0, 0.05) is 11.1 Å². The average molecular weight is 411 g/mol. The predicted octanol–water partition coefficient (Wildman–Crippen LogP) is 6.09. The van der Waals surface area contributed by atoms with E-state index in [1.807, 2.05) is 20.2 Å². The summed E-state index contributed by atoms with van der Waals surface area (Å²) in [6, 6.07) is 15.3. The summed E-state index contributed by atoms with van der Waals surface area (Å²) >= 11 is 0. The van der Waals surface area contributed by atoms with Gasteiger partial charge in [0.1, 0.15) is 12.0 Å². The Morgan fingerprint density at radius 2 is 1.87 bits per heavy atom. The molecule has 1 aliphatic carbocycles. The van der Waals surface area contributed by atoms with E-state index in [0.717, 1.165) is 22.8 Å². The van der Waals surface area contributed by atoms with Gasteiger partial charge in [0.2, 0.25) is 0 Å². The fourth-order valence-electron chi connectivity index (χ4n) is 4.20. The summed E-state index contributed by atoms with van der Waals surface area (Å²) in [6.45, 7) is 6.68. The lowest BCUT2D eigenvalue weighted by molar-refractivity contribution is 0.569. The van der Waals surface area contributed by atoms with Crippen molar-refractivity contribution in [2.24, 2.45) is 4.99 Å². The van der Waals surface area contributed by atoms with Crippen LogP contribution in [0.1, 0.15) is 60.6 Å². The minimum absolute atomic E-state index is 0.535. The third-order valence-corrected chi connectivity index (χ3v) is 5.90. The zero-order valence-electron chi connectivity index (χ0n) is 18.2. The molecule has 0 atom stereocenters. The molecule has 4 aromatic rings. The molecule has 0 bridgehead atoms. The van der Waals surface area contributed by atoms with E-state index in [1.54, 1.807) is 6.20 Å². The second kappa shape index (κ2) is 7.99. The Bertz CT molecular complexity index is 1250. The second-order valence-corrected chi connectivity index (χ2v) is 7.81. The highest BCUT2D eigenvalue weighted by molar-refractivity contribution is 6.16. The molecule has 3 heterocycles. The van der Waals surface area contributed by atoms with E-state index in [9.17, 15) is 0 Å². The summed E-state index contributed by atoms with van der Waals surface area (Å²) in [5.41, 5.74) is 8.97. The molecule has 0 radical (unpaired) electrons. The molecule has 1 fully saturated rings. The van der Waals surface area contributed by atoms with Crippen molar-refractivity contribution >= 4 is 5.71 Å². The number of aryl methyl sites for hydroxylation is 1. The molecule has 0 amide bonds. The standard InChI is InChI=1S/C24H20N4O.C2H6/c1-15-4-2-3-5-18(15)23-19-10-17(16-6-7-16)8-9-20(19)28-13-27-24(21(28)11-26-23)22-12-25-14-29-22;1-2/h2-5,8-10,12-14,16H,6-7,11H2,1H3;1-2H3. The molecule has 5 heteroatoms. The van der Waals surface area contributed by atoms with Crippen molar-refractivity contribution in [3.63, 3.8) is 0 Å². The van der Waals surface area contributed by atoms with Gasteiger partial charge < -0.3 is 4.42 Å². The molecule has 2 aliphatic rings. The van der Waals surface area contributed by atoms with Crippen LogP contribution in [0.4, 0.5) is 0 Å². The van der Waals surface area contributed by atoms with Gasteiger partial charge in [-0.15, -0.1) is 0 Å². The van der Waals surface area contributed by atoms with Gasteiger partial charge in [-0.3, -0.25) is 9.56 Å². The summed E-state index contributed by atoms with van der Waals surface area (Å²) < 4.78 is 7.68. The van der Waals surface area contributed by atoms with Gasteiger partial charge in [0.15, 0.2) is 12.2 Å². The predicted molar refractivity (Wildman–Crippen MR) is 123 cm³/mol. The zero-order valence-corrected chi connectivity index (χ0v) is 18.2. The molecule has 5 nitrogen and oxygen atoms in total. The van der Waals surface area contributed by atoms with Gasteiger partial charge in [0.25, 0.3) is 0 Å². The van der Waals surface area contributed by atoms with Crippen LogP contribution in [-0.4, -0.2) is 20.2 Å². The molecule has 1 aliphatic heterocycles. The number of aliphatic imine (C=N–C) groups is 1. The van der Waals surface area contributed by atoms with Gasteiger partial charge >= 0.3 is 0 Å². The molecule has 0 saturated heterocycles. The largest absolute Gasteiger partial charge is 0.442 e. The highest BCUT2D eigenvalue weighted by Crippen LogP contribution is 2.42. The van der Waals surface area contributed by atoms with Crippen LogP contribution in [-0.2, 0) is 6.54 Å². The van der Waals surface area contributed by atoms with Crippen LogP contribution >= 0.6 is 0 Å². The molecule has 0 unspecified atom stereocenters. The van der Waals surface area contributed by atoms with Crippen LogP contribution in [0.2, 0.25) is 0 Å². The third-order valence-electron chi connectivity index (χ3n) is 5.90. The van der Waals surface area contributed by atoms with Crippen molar-refractivity contribution in [2.75, 3.05) is 0 Å².